The van der Waals surface area contributed by atoms with E-state index in [2.05, 4.69) is 32.6 Å². The van der Waals surface area contributed by atoms with Crippen LogP contribution in [-0.2, 0) is 9.78 Å². The molecule has 0 fully saturated rings. The Kier molecular flexibility index (Phi) is 6.96. The van der Waals surface area contributed by atoms with Crippen LogP contribution in [0, 0.1) is 11.3 Å². The molecule has 116 valence electrons. The van der Waals surface area contributed by atoms with Gasteiger partial charge in [-0.15, -0.1) is 0 Å². The Morgan fingerprint density at radius 3 is 1.89 bits per heavy atom. The van der Waals surface area contributed by atoms with Gasteiger partial charge in [0.25, 0.3) is 0 Å². The molecule has 0 aromatic heterocycles. The highest BCUT2D eigenvalue weighted by molar-refractivity contribution is 4.90. The Hall–Kier alpha value is -0.160. The van der Waals surface area contributed by atoms with Crippen LogP contribution in [0.2, 0.25) is 0 Å². The summed E-state index contributed by atoms with van der Waals surface area (Å²) in [5, 5.41) is 18.3. The molecule has 0 spiro atoms. The van der Waals surface area contributed by atoms with E-state index in [1.54, 1.807) is 0 Å². The van der Waals surface area contributed by atoms with Gasteiger partial charge < -0.3 is 10.2 Å². The molecule has 2 N–H and O–H groups in total. The Morgan fingerprint density at radius 1 is 0.947 bits per heavy atom. The zero-order chi connectivity index (χ0) is 15.3. The zero-order valence-electron chi connectivity index (χ0n) is 13.6. The lowest BCUT2D eigenvalue weighted by atomic mass is 9.67. The summed E-state index contributed by atoms with van der Waals surface area (Å²) in [4.78, 5) is 9.95. The fourth-order valence-corrected chi connectivity index (χ4v) is 1.95. The van der Waals surface area contributed by atoms with Crippen molar-refractivity contribution in [2.45, 2.75) is 85.7 Å². The largest absolute Gasteiger partial charge is 0.342 e. The summed E-state index contributed by atoms with van der Waals surface area (Å²) in [5.74, 6) is -1.82. The second kappa shape index (κ2) is 7.02. The van der Waals surface area contributed by atoms with E-state index in [4.69, 9.17) is 15.1 Å². The first-order valence-electron chi connectivity index (χ1n) is 7.25. The van der Waals surface area contributed by atoms with Gasteiger partial charge in [0.2, 0.25) is 0 Å². The van der Waals surface area contributed by atoms with Crippen molar-refractivity contribution in [3.63, 3.8) is 0 Å². The van der Waals surface area contributed by atoms with E-state index in [0.29, 0.717) is 5.92 Å². The molecule has 0 heterocycles. The van der Waals surface area contributed by atoms with Crippen molar-refractivity contribution in [1.82, 2.24) is 0 Å². The van der Waals surface area contributed by atoms with Crippen LogP contribution in [0.5, 0.6) is 0 Å². The summed E-state index contributed by atoms with van der Waals surface area (Å²) in [7, 11) is 0. The molecule has 0 aromatic carbocycles. The van der Waals surface area contributed by atoms with E-state index in [1.165, 1.54) is 19.3 Å². The summed E-state index contributed by atoms with van der Waals surface area (Å²) in [6.45, 7) is 13.6. The molecule has 0 aliphatic carbocycles. The summed E-state index contributed by atoms with van der Waals surface area (Å²) >= 11 is 0. The predicted octanol–water partition coefficient (Wildman–Crippen LogP) is 3.61. The zero-order valence-corrected chi connectivity index (χ0v) is 13.6. The molecule has 1 unspecified atom stereocenters. The summed E-state index contributed by atoms with van der Waals surface area (Å²) in [6, 6.07) is 0. The molecule has 0 radical (unpaired) electrons. The average Bonchev–Trinajstić information content (AvgIpc) is 2.25. The highest BCUT2D eigenvalue weighted by Gasteiger charge is 2.44. The fourth-order valence-electron chi connectivity index (χ4n) is 1.95. The predicted molar refractivity (Wildman–Crippen MR) is 76.2 cm³/mol. The van der Waals surface area contributed by atoms with Crippen molar-refractivity contribution >= 4 is 0 Å². The fraction of sp³-hybridized carbons (Fsp3) is 1.00. The Balaban J connectivity index is 4.56. The molecule has 0 saturated carbocycles. The molecule has 0 aromatic rings. The Labute approximate surface area is 118 Å². The first-order valence-corrected chi connectivity index (χ1v) is 7.25. The summed E-state index contributed by atoms with van der Waals surface area (Å²) in [5.41, 5.74) is -0.767. The van der Waals surface area contributed by atoms with Gasteiger partial charge in [-0.2, -0.15) is 4.89 Å². The smallest absolute Gasteiger partial charge is 0.304 e. The third-order valence-electron chi connectivity index (χ3n) is 4.43. The van der Waals surface area contributed by atoms with Crippen molar-refractivity contribution in [2.24, 2.45) is 11.3 Å². The van der Waals surface area contributed by atoms with E-state index >= 15 is 0 Å². The molecule has 0 aliphatic heterocycles. The summed E-state index contributed by atoms with van der Waals surface area (Å²) in [6.07, 6.45) is 4.78. The van der Waals surface area contributed by atoms with Crippen LogP contribution in [0.4, 0.5) is 0 Å². The quantitative estimate of drug-likeness (QED) is 0.292. The molecule has 0 amide bonds. The first kappa shape index (κ1) is 18.8. The molecule has 0 bridgehead atoms. The van der Waals surface area contributed by atoms with Crippen LogP contribution < -0.4 is 0 Å². The van der Waals surface area contributed by atoms with Gasteiger partial charge in [0.1, 0.15) is 5.60 Å². The van der Waals surface area contributed by atoms with Gasteiger partial charge in [0.05, 0.1) is 0 Å². The van der Waals surface area contributed by atoms with E-state index in [1.807, 2.05) is 13.8 Å². The van der Waals surface area contributed by atoms with Crippen LogP contribution in [0.15, 0.2) is 0 Å². The maximum Gasteiger partial charge on any atom is 0.304 e. The van der Waals surface area contributed by atoms with Gasteiger partial charge in [-0.1, -0.05) is 53.4 Å². The monoisotopic (exact) mass is 276 g/mol. The highest BCUT2D eigenvalue weighted by Crippen LogP contribution is 2.43. The van der Waals surface area contributed by atoms with E-state index in [0.717, 1.165) is 13.3 Å². The average molecular weight is 276 g/mol. The third kappa shape index (κ3) is 6.21. The van der Waals surface area contributed by atoms with Crippen LogP contribution in [-0.4, -0.2) is 21.8 Å². The molecule has 4 heteroatoms. The lowest BCUT2D eigenvalue weighted by Gasteiger charge is -2.44. The summed E-state index contributed by atoms with van der Waals surface area (Å²) < 4.78 is 0. The molecule has 0 saturated heterocycles. The van der Waals surface area contributed by atoms with Crippen molar-refractivity contribution in [1.29, 1.82) is 0 Å². The SMILES string of the molecule is CCCCCC(C)C(C)(C)C(C)(C)OOC(C)(O)O. The molecule has 19 heavy (non-hydrogen) atoms. The van der Waals surface area contributed by atoms with Gasteiger partial charge in [0.15, 0.2) is 0 Å². The molecule has 0 aliphatic rings. The van der Waals surface area contributed by atoms with Gasteiger partial charge >= 0.3 is 5.97 Å². The lowest BCUT2D eigenvalue weighted by Crippen LogP contribution is -2.47. The minimum absolute atomic E-state index is 0.147. The number of unbranched alkanes of at least 4 members (excludes halogenated alkanes) is 2. The van der Waals surface area contributed by atoms with Crippen molar-refractivity contribution in [3.8, 4) is 0 Å². The maximum absolute atomic E-state index is 9.17. The van der Waals surface area contributed by atoms with Gasteiger partial charge in [-0.3, -0.25) is 0 Å². The standard InChI is InChI=1S/C15H32O4/c1-8-9-10-11-12(2)13(3,4)14(5,6)18-19-15(7,16)17/h12,16-17H,8-11H2,1-7H3. The van der Waals surface area contributed by atoms with Gasteiger partial charge in [-0.05, 0) is 25.2 Å². The van der Waals surface area contributed by atoms with Crippen LogP contribution in [0.25, 0.3) is 0 Å². The number of hydrogen-bond donors (Lipinski definition) is 2. The topological polar surface area (TPSA) is 58.9 Å². The maximum atomic E-state index is 9.17. The number of hydrogen-bond acceptors (Lipinski definition) is 4. The van der Waals surface area contributed by atoms with Crippen LogP contribution in [0.1, 0.15) is 74.1 Å². The van der Waals surface area contributed by atoms with E-state index in [-0.39, 0.29) is 5.41 Å². The van der Waals surface area contributed by atoms with Crippen molar-refractivity contribution in [3.05, 3.63) is 0 Å². The van der Waals surface area contributed by atoms with Crippen molar-refractivity contribution in [2.75, 3.05) is 0 Å². The molecular formula is C15H32O4. The number of rotatable bonds is 9. The Morgan fingerprint density at radius 2 is 1.47 bits per heavy atom. The normalized spacial score (nSPS) is 15.6. The lowest BCUT2D eigenvalue weighted by molar-refractivity contribution is -0.515. The molecular weight excluding hydrogens is 244 g/mol. The minimum Gasteiger partial charge on any atom is -0.342 e. The molecule has 0 rings (SSSR count). The second-order valence-electron chi connectivity index (χ2n) is 6.73. The van der Waals surface area contributed by atoms with Crippen LogP contribution >= 0.6 is 0 Å². The van der Waals surface area contributed by atoms with Gasteiger partial charge in [-0.25, -0.2) is 4.89 Å². The first-order chi connectivity index (χ1) is 8.44. The highest BCUT2D eigenvalue weighted by atomic mass is 17.3. The van der Waals surface area contributed by atoms with E-state index < -0.39 is 11.6 Å². The number of aliphatic hydroxyl groups is 2. The molecule has 4 nitrogen and oxygen atoms in total. The van der Waals surface area contributed by atoms with Crippen LogP contribution in [0.3, 0.4) is 0 Å². The Bertz CT molecular complexity index is 253. The second-order valence-corrected chi connectivity index (χ2v) is 6.73. The van der Waals surface area contributed by atoms with Gasteiger partial charge in [0, 0.05) is 6.92 Å². The third-order valence-corrected chi connectivity index (χ3v) is 4.43. The van der Waals surface area contributed by atoms with Crippen molar-refractivity contribution < 1.29 is 20.0 Å². The van der Waals surface area contributed by atoms with E-state index in [9.17, 15) is 0 Å². The minimum atomic E-state index is -2.27. The molecule has 1 atom stereocenters.